The van der Waals surface area contributed by atoms with Crippen molar-refractivity contribution in [3.63, 3.8) is 0 Å². The Morgan fingerprint density at radius 2 is 1.61 bits per heavy atom. The van der Waals surface area contributed by atoms with Crippen molar-refractivity contribution in [1.82, 2.24) is 0 Å². The molecule has 2 N–H and O–H groups in total. The Bertz CT molecular complexity index is 1250. The summed E-state index contributed by atoms with van der Waals surface area (Å²) < 4.78 is 11.5. The molecule has 7 nitrogen and oxygen atoms in total. The van der Waals surface area contributed by atoms with Crippen LogP contribution in [0.25, 0.3) is 0 Å². The first-order chi connectivity index (χ1) is 15.1. The van der Waals surface area contributed by atoms with Crippen LogP contribution in [0.2, 0.25) is 0 Å². The van der Waals surface area contributed by atoms with Gasteiger partial charge in [0.25, 0.3) is 11.8 Å². The lowest BCUT2D eigenvalue weighted by Gasteiger charge is -2.44. The molecule has 31 heavy (non-hydrogen) atoms. The van der Waals surface area contributed by atoms with E-state index in [2.05, 4.69) is 10.6 Å². The van der Waals surface area contributed by atoms with Crippen molar-refractivity contribution in [2.45, 2.75) is 12.6 Å². The van der Waals surface area contributed by atoms with Gasteiger partial charge in [-0.3, -0.25) is 14.5 Å². The first-order valence-corrected chi connectivity index (χ1v) is 10.1. The van der Waals surface area contributed by atoms with Crippen molar-refractivity contribution < 1.29 is 19.1 Å². The molecule has 1 spiro atoms. The third-order valence-electron chi connectivity index (χ3n) is 5.95. The van der Waals surface area contributed by atoms with Crippen LogP contribution in [0.5, 0.6) is 11.5 Å². The number of para-hydroxylation sites is 1. The molecule has 3 heterocycles. The van der Waals surface area contributed by atoms with Gasteiger partial charge >= 0.3 is 0 Å². The summed E-state index contributed by atoms with van der Waals surface area (Å²) in [5.41, 5.74) is 2.55. The maximum Gasteiger partial charge on any atom is 0.276 e. The zero-order chi connectivity index (χ0) is 21.2. The summed E-state index contributed by atoms with van der Waals surface area (Å²) in [6, 6.07) is 18.3. The van der Waals surface area contributed by atoms with Gasteiger partial charge < -0.3 is 20.1 Å². The van der Waals surface area contributed by atoms with Gasteiger partial charge in [0.05, 0.1) is 11.3 Å². The molecule has 3 aromatic carbocycles. The highest BCUT2D eigenvalue weighted by atomic mass is 16.6. The summed E-state index contributed by atoms with van der Waals surface area (Å²) in [6.07, 6.45) is 0. The van der Waals surface area contributed by atoms with Gasteiger partial charge in [0.1, 0.15) is 13.2 Å². The van der Waals surface area contributed by atoms with E-state index in [0.29, 0.717) is 52.9 Å². The maximum absolute atomic E-state index is 13.8. The minimum absolute atomic E-state index is 0.254. The van der Waals surface area contributed by atoms with E-state index >= 15 is 0 Å². The molecule has 0 bridgehead atoms. The first kappa shape index (κ1) is 17.8. The molecule has 6 rings (SSSR count). The fourth-order valence-electron chi connectivity index (χ4n) is 4.48. The topological polar surface area (TPSA) is 79.9 Å². The number of aryl methyl sites for hydroxylation is 1. The van der Waals surface area contributed by atoms with Crippen LogP contribution < -0.4 is 25.0 Å². The first-order valence-electron chi connectivity index (χ1n) is 10.1. The van der Waals surface area contributed by atoms with Gasteiger partial charge in [-0.1, -0.05) is 29.8 Å². The molecule has 0 radical (unpaired) electrons. The summed E-state index contributed by atoms with van der Waals surface area (Å²) in [5.74, 6) is 0.536. The van der Waals surface area contributed by atoms with Crippen LogP contribution in [-0.4, -0.2) is 25.0 Å². The van der Waals surface area contributed by atoms with Gasteiger partial charge in [0, 0.05) is 23.0 Å². The lowest BCUT2D eigenvalue weighted by Crippen LogP contribution is -2.61. The Balaban J connectivity index is 1.63. The zero-order valence-corrected chi connectivity index (χ0v) is 16.8. The average Bonchev–Trinajstić information content (AvgIpc) is 3.04. The number of ether oxygens (including phenoxy) is 2. The van der Waals surface area contributed by atoms with Crippen LogP contribution in [0.15, 0.2) is 60.7 Å². The second kappa shape index (κ2) is 6.25. The predicted octanol–water partition coefficient (Wildman–Crippen LogP) is 3.64. The Morgan fingerprint density at radius 1 is 0.903 bits per heavy atom. The Hall–Kier alpha value is -4.00. The fourth-order valence-corrected chi connectivity index (χ4v) is 4.48. The third-order valence-corrected chi connectivity index (χ3v) is 5.95. The van der Waals surface area contributed by atoms with Crippen molar-refractivity contribution in [2.75, 3.05) is 28.7 Å². The van der Waals surface area contributed by atoms with Crippen molar-refractivity contribution >= 4 is 28.9 Å². The number of amides is 2. The van der Waals surface area contributed by atoms with Crippen molar-refractivity contribution in [2.24, 2.45) is 0 Å². The molecule has 3 aromatic rings. The van der Waals surface area contributed by atoms with Crippen molar-refractivity contribution in [3.8, 4) is 11.5 Å². The molecule has 0 aromatic heterocycles. The second-order valence-electron chi connectivity index (χ2n) is 7.85. The van der Waals surface area contributed by atoms with Crippen molar-refractivity contribution in [1.29, 1.82) is 0 Å². The number of benzene rings is 3. The van der Waals surface area contributed by atoms with Gasteiger partial charge in [-0.15, -0.1) is 0 Å². The van der Waals surface area contributed by atoms with E-state index in [1.165, 1.54) is 4.90 Å². The molecule has 0 aliphatic carbocycles. The van der Waals surface area contributed by atoms with Crippen LogP contribution in [0.1, 0.15) is 21.5 Å². The van der Waals surface area contributed by atoms with Crippen LogP contribution in [0, 0.1) is 6.92 Å². The molecule has 3 aliphatic rings. The summed E-state index contributed by atoms with van der Waals surface area (Å²) in [7, 11) is 0. The molecule has 154 valence electrons. The lowest BCUT2D eigenvalue weighted by molar-refractivity contribution is -0.119. The number of nitrogens with one attached hydrogen (secondary N) is 2. The highest BCUT2D eigenvalue weighted by Crippen LogP contribution is 2.50. The highest BCUT2D eigenvalue weighted by molar-refractivity contribution is 6.22. The molecule has 2 amide bonds. The van der Waals surface area contributed by atoms with Crippen LogP contribution in [0.4, 0.5) is 17.1 Å². The third kappa shape index (κ3) is 2.40. The van der Waals surface area contributed by atoms with E-state index < -0.39 is 5.66 Å². The Labute approximate surface area is 178 Å². The van der Waals surface area contributed by atoms with Crippen LogP contribution in [0.3, 0.4) is 0 Å². The zero-order valence-electron chi connectivity index (χ0n) is 16.8. The van der Waals surface area contributed by atoms with Gasteiger partial charge in [0.2, 0.25) is 5.66 Å². The highest BCUT2D eigenvalue weighted by Gasteiger charge is 2.57. The van der Waals surface area contributed by atoms with Gasteiger partial charge in [-0.25, -0.2) is 0 Å². The lowest BCUT2D eigenvalue weighted by atomic mass is 9.91. The predicted molar refractivity (Wildman–Crippen MR) is 116 cm³/mol. The summed E-state index contributed by atoms with van der Waals surface area (Å²) in [4.78, 5) is 28.9. The number of anilines is 3. The molecule has 0 fully saturated rings. The smallest absolute Gasteiger partial charge is 0.276 e. The number of hydrogen-bond acceptors (Lipinski definition) is 5. The SMILES string of the molecule is Cc1ccc(N2C(=O)c3ccccc3N[C@]23C(=O)Nc2cc4c(cc23)OCCO4)cc1. The number of fused-ring (bicyclic) bond motifs is 4. The maximum atomic E-state index is 13.8. The molecule has 0 saturated carbocycles. The van der Waals surface area contributed by atoms with E-state index in [1.807, 2.05) is 49.4 Å². The normalized spacial score (nSPS) is 20.7. The van der Waals surface area contributed by atoms with E-state index in [0.717, 1.165) is 5.56 Å². The standard InChI is InChI=1S/C24H19N3O4/c1-14-6-8-15(9-7-14)27-22(28)16-4-2-3-5-18(16)26-24(27)17-12-20-21(31-11-10-30-20)13-19(17)25-23(24)29/h2-9,12-13,26H,10-11H2,1H3,(H,25,29)/t24-/m0/s1. The molecule has 7 heteroatoms. The molecular weight excluding hydrogens is 394 g/mol. The van der Waals surface area contributed by atoms with E-state index in [1.54, 1.807) is 18.2 Å². The number of carbonyl (C=O) groups is 2. The number of nitrogens with zero attached hydrogens (tertiary/aromatic N) is 1. The molecule has 0 saturated heterocycles. The number of carbonyl (C=O) groups excluding carboxylic acids is 2. The molecular formula is C24H19N3O4. The van der Waals surface area contributed by atoms with E-state index in [9.17, 15) is 9.59 Å². The quantitative estimate of drug-likeness (QED) is 0.637. The number of hydrogen-bond donors (Lipinski definition) is 2. The monoisotopic (exact) mass is 413 g/mol. The minimum atomic E-state index is -1.45. The van der Waals surface area contributed by atoms with Gasteiger partial charge in [0.15, 0.2) is 11.5 Å². The molecule has 0 unspecified atom stereocenters. The summed E-state index contributed by atoms with van der Waals surface area (Å²) >= 11 is 0. The largest absolute Gasteiger partial charge is 0.486 e. The average molecular weight is 413 g/mol. The second-order valence-corrected chi connectivity index (χ2v) is 7.85. The Morgan fingerprint density at radius 3 is 2.39 bits per heavy atom. The van der Waals surface area contributed by atoms with E-state index in [4.69, 9.17) is 9.47 Å². The van der Waals surface area contributed by atoms with Crippen molar-refractivity contribution in [3.05, 3.63) is 77.4 Å². The molecule has 1 atom stereocenters. The van der Waals surface area contributed by atoms with Crippen LogP contribution >= 0.6 is 0 Å². The summed E-state index contributed by atoms with van der Waals surface area (Å²) in [5, 5.41) is 6.32. The Kier molecular flexibility index (Phi) is 3.59. The van der Waals surface area contributed by atoms with E-state index in [-0.39, 0.29) is 11.8 Å². The van der Waals surface area contributed by atoms with Gasteiger partial charge in [-0.2, -0.15) is 0 Å². The minimum Gasteiger partial charge on any atom is -0.486 e. The van der Waals surface area contributed by atoms with Crippen LogP contribution in [-0.2, 0) is 10.5 Å². The molecule has 3 aliphatic heterocycles. The number of rotatable bonds is 1. The fraction of sp³-hybridized carbons (Fsp3) is 0.167. The van der Waals surface area contributed by atoms with Gasteiger partial charge in [-0.05, 0) is 37.3 Å². The summed E-state index contributed by atoms with van der Waals surface area (Å²) in [6.45, 7) is 2.85.